The smallest absolute Gasteiger partial charge is 0.185 e. The maximum atomic E-state index is 12.8. The number of fused-ring (bicyclic) bond motifs is 1. The summed E-state index contributed by atoms with van der Waals surface area (Å²) in [5, 5.41) is 1.03. The maximum Gasteiger partial charge on any atom is 0.185 e. The van der Waals surface area contributed by atoms with Crippen LogP contribution in [0.2, 0.25) is 0 Å². The van der Waals surface area contributed by atoms with Crippen LogP contribution in [0.3, 0.4) is 0 Å². The minimum atomic E-state index is -0.241. The Morgan fingerprint density at radius 2 is 1.81 bits per heavy atom. The lowest BCUT2D eigenvalue weighted by atomic mass is 9.71. The first-order chi connectivity index (χ1) is 10.3. The predicted molar refractivity (Wildman–Crippen MR) is 83.3 cm³/mol. The highest BCUT2D eigenvalue weighted by atomic mass is 19.1. The molecule has 0 unspecified atom stereocenters. The lowest BCUT2D eigenvalue weighted by Crippen LogP contribution is -2.11. The van der Waals surface area contributed by atoms with Crippen LogP contribution < -0.4 is 10.2 Å². The van der Waals surface area contributed by atoms with Gasteiger partial charge in [0.25, 0.3) is 0 Å². The molecule has 4 heteroatoms. The molecule has 0 fully saturated rings. The largest absolute Gasteiger partial charge is 0.464 e. The van der Waals surface area contributed by atoms with E-state index in [9.17, 15) is 4.39 Å². The zero-order chi connectivity index (χ0) is 14.5. The van der Waals surface area contributed by atoms with Gasteiger partial charge >= 0.3 is 0 Å². The summed E-state index contributed by atoms with van der Waals surface area (Å²) in [6.07, 6.45) is 3.33. The number of hydrogen-bond donors (Lipinski definition) is 0. The molecule has 0 saturated carbocycles. The van der Waals surface area contributed by atoms with E-state index < -0.39 is 0 Å². The molecule has 1 radical (unpaired) electrons. The number of pyridine rings is 1. The van der Waals surface area contributed by atoms with E-state index in [0.29, 0.717) is 5.75 Å². The molecule has 0 aliphatic rings. The summed E-state index contributed by atoms with van der Waals surface area (Å²) in [4.78, 5) is 4.32. The van der Waals surface area contributed by atoms with Crippen molar-refractivity contribution in [2.45, 2.75) is 0 Å². The number of para-hydroxylation sites is 1. The fraction of sp³-hybridized carbons (Fsp3) is 0. The van der Waals surface area contributed by atoms with E-state index in [0.717, 1.165) is 16.4 Å². The van der Waals surface area contributed by atoms with Crippen LogP contribution in [0.1, 0.15) is 0 Å². The van der Waals surface area contributed by atoms with Crippen LogP contribution in [0.25, 0.3) is 10.9 Å². The van der Waals surface area contributed by atoms with Crippen LogP contribution >= 0.6 is 0 Å². The molecule has 1 heterocycles. The molecule has 2 aromatic carbocycles. The van der Waals surface area contributed by atoms with E-state index in [1.54, 1.807) is 30.6 Å². The van der Waals surface area contributed by atoms with Crippen LogP contribution in [0.15, 0.2) is 73.0 Å². The van der Waals surface area contributed by atoms with Crippen molar-refractivity contribution in [3.8, 4) is 5.75 Å². The topological polar surface area (TPSA) is 22.1 Å². The lowest BCUT2D eigenvalue weighted by molar-refractivity contribution is 0.487. The second-order valence-electron chi connectivity index (χ2n) is 4.50. The highest BCUT2D eigenvalue weighted by Crippen LogP contribution is 2.22. The van der Waals surface area contributed by atoms with Gasteiger partial charge in [-0.1, -0.05) is 41.8 Å². The molecule has 0 bridgehead atoms. The van der Waals surface area contributed by atoms with Gasteiger partial charge < -0.3 is 4.74 Å². The molecular formula is C17H12BFNO. The molecule has 21 heavy (non-hydrogen) atoms. The summed E-state index contributed by atoms with van der Waals surface area (Å²) in [6, 6.07) is 15.9. The SMILES string of the molecule is Fc1ccc([B]C=COc2cccc3cccnc23)cc1. The molecule has 0 amide bonds. The van der Waals surface area contributed by atoms with E-state index in [1.807, 2.05) is 37.6 Å². The molecule has 1 aromatic heterocycles. The second kappa shape index (κ2) is 6.22. The normalized spacial score (nSPS) is 10.9. The van der Waals surface area contributed by atoms with Crippen molar-refractivity contribution in [3.63, 3.8) is 0 Å². The summed E-state index contributed by atoms with van der Waals surface area (Å²) in [5.41, 5.74) is 1.73. The van der Waals surface area contributed by atoms with Crippen LogP contribution in [0.5, 0.6) is 5.75 Å². The Balaban J connectivity index is 1.69. The van der Waals surface area contributed by atoms with E-state index in [1.165, 1.54) is 12.1 Å². The molecule has 0 spiro atoms. The minimum Gasteiger partial charge on any atom is -0.464 e. The molecular weight excluding hydrogens is 264 g/mol. The van der Waals surface area contributed by atoms with Crippen molar-refractivity contribution in [2.24, 2.45) is 0 Å². The first-order valence-electron chi connectivity index (χ1n) is 6.59. The van der Waals surface area contributed by atoms with Gasteiger partial charge in [-0.3, -0.25) is 4.98 Å². The van der Waals surface area contributed by atoms with Gasteiger partial charge in [-0.25, -0.2) is 4.39 Å². The molecule has 3 rings (SSSR count). The molecule has 0 saturated heterocycles. The Labute approximate surface area is 123 Å². The highest BCUT2D eigenvalue weighted by Gasteiger charge is 2.00. The van der Waals surface area contributed by atoms with Gasteiger partial charge in [-0.05, 0) is 24.3 Å². The first-order valence-corrected chi connectivity index (χ1v) is 6.59. The third-order valence-electron chi connectivity index (χ3n) is 3.03. The number of benzene rings is 2. The Morgan fingerprint density at radius 3 is 2.67 bits per heavy atom. The molecule has 0 atom stereocenters. The first kappa shape index (κ1) is 13.4. The Morgan fingerprint density at radius 1 is 1.00 bits per heavy atom. The fourth-order valence-corrected chi connectivity index (χ4v) is 2.01. The number of ether oxygens (including phenoxy) is 1. The van der Waals surface area contributed by atoms with Crippen molar-refractivity contribution in [1.82, 2.24) is 4.98 Å². The zero-order valence-electron chi connectivity index (χ0n) is 11.2. The van der Waals surface area contributed by atoms with E-state index in [4.69, 9.17) is 4.74 Å². The average Bonchev–Trinajstić information content (AvgIpc) is 2.53. The maximum absolute atomic E-state index is 12.8. The predicted octanol–water partition coefficient (Wildman–Crippen LogP) is 3.25. The summed E-state index contributed by atoms with van der Waals surface area (Å²) in [5.74, 6) is 2.24. The second-order valence-corrected chi connectivity index (χ2v) is 4.50. The lowest BCUT2D eigenvalue weighted by Gasteiger charge is -2.03. The number of nitrogens with zero attached hydrogens (tertiary/aromatic N) is 1. The van der Waals surface area contributed by atoms with Crippen LogP contribution in [0, 0.1) is 5.82 Å². The minimum absolute atomic E-state index is 0.241. The van der Waals surface area contributed by atoms with E-state index >= 15 is 0 Å². The molecule has 101 valence electrons. The third-order valence-corrected chi connectivity index (χ3v) is 3.03. The Hall–Kier alpha value is -2.62. The average molecular weight is 276 g/mol. The van der Waals surface area contributed by atoms with Gasteiger partial charge in [0.15, 0.2) is 13.0 Å². The Kier molecular flexibility index (Phi) is 3.96. The van der Waals surface area contributed by atoms with Gasteiger partial charge in [-0.2, -0.15) is 0 Å². The van der Waals surface area contributed by atoms with Crippen molar-refractivity contribution >= 4 is 23.6 Å². The molecule has 3 aromatic rings. The molecule has 2 nitrogen and oxygen atoms in total. The van der Waals surface area contributed by atoms with Crippen molar-refractivity contribution < 1.29 is 9.13 Å². The zero-order valence-corrected chi connectivity index (χ0v) is 11.2. The van der Waals surface area contributed by atoms with Gasteiger partial charge in [0, 0.05) is 11.6 Å². The monoisotopic (exact) mass is 276 g/mol. The van der Waals surface area contributed by atoms with Crippen molar-refractivity contribution in [1.29, 1.82) is 0 Å². The van der Waals surface area contributed by atoms with Gasteiger partial charge in [0.1, 0.15) is 11.3 Å². The van der Waals surface area contributed by atoms with Gasteiger partial charge in [-0.15, -0.1) is 0 Å². The summed E-state index contributed by atoms with van der Waals surface area (Å²) >= 11 is 0. The molecule has 0 aliphatic heterocycles. The number of hydrogen-bond acceptors (Lipinski definition) is 2. The van der Waals surface area contributed by atoms with Crippen molar-refractivity contribution in [2.75, 3.05) is 0 Å². The summed E-state index contributed by atoms with van der Waals surface area (Å²) in [7, 11) is 1.85. The quantitative estimate of drug-likeness (QED) is 0.539. The van der Waals surface area contributed by atoms with Gasteiger partial charge in [0.05, 0.1) is 6.26 Å². The van der Waals surface area contributed by atoms with Crippen LogP contribution in [-0.4, -0.2) is 12.3 Å². The molecule has 0 aliphatic carbocycles. The standard InChI is InChI=1S/C17H12BFNO/c19-15-8-6-14(7-9-15)18-10-12-21-16-5-1-3-13-4-2-11-20-17(13)16/h1-12H. The third kappa shape index (κ3) is 3.29. The fourth-order valence-electron chi connectivity index (χ4n) is 2.01. The van der Waals surface area contributed by atoms with Crippen LogP contribution in [0.4, 0.5) is 4.39 Å². The highest BCUT2D eigenvalue weighted by molar-refractivity contribution is 6.58. The van der Waals surface area contributed by atoms with E-state index in [2.05, 4.69) is 4.98 Å². The van der Waals surface area contributed by atoms with E-state index in [-0.39, 0.29) is 5.82 Å². The number of halogens is 1. The summed E-state index contributed by atoms with van der Waals surface area (Å²) < 4.78 is 18.4. The van der Waals surface area contributed by atoms with Crippen molar-refractivity contribution in [3.05, 3.63) is 78.8 Å². The number of rotatable bonds is 4. The molecule has 0 N–H and O–H groups in total. The number of aromatic nitrogens is 1. The van der Waals surface area contributed by atoms with Crippen LogP contribution in [-0.2, 0) is 0 Å². The Bertz CT molecular complexity index is 766. The van der Waals surface area contributed by atoms with Gasteiger partial charge in [0.2, 0.25) is 0 Å². The summed E-state index contributed by atoms with van der Waals surface area (Å²) in [6.45, 7) is 0.